The summed E-state index contributed by atoms with van der Waals surface area (Å²) in [6.45, 7) is 1.45. The molecule has 0 unspecified atom stereocenters. The number of benzene rings is 2. The van der Waals surface area contributed by atoms with Crippen molar-refractivity contribution in [2.45, 2.75) is 13.1 Å². The van der Waals surface area contributed by atoms with Crippen LogP contribution in [0, 0.1) is 5.82 Å². The van der Waals surface area contributed by atoms with Gasteiger partial charge in [0, 0.05) is 49.4 Å². The van der Waals surface area contributed by atoms with Crippen LogP contribution in [0.25, 0.3) is 22.1 Å². The Morgan fingerprint density at radius 1 is 1.09 bits per heavy atom. The second-order valence-electron chi connectivity index (χ2n) is 7.81. The van der Waals surface area contributed by atoms with Gasteiger partial charge in [0.15, 0.2) is 11.6 Å². The van der Waals surface area contributed by atoms with Crippen molar-refractivity contribution in [1.82, 2.24) is 24.6 Å². The van der Waals surface area contributed by atoms with Crippen LogP contribution in [0.3, 0.4) is 0 Å². The van der Waals surface area contributed by atoms with Crippen molar-refractivity contribution >= 4 is 22.9 Å². The first-order valence-corrected chi connectivity index (χ1v) is 11.1. The standard InChI is InChI=1S/C23H21FN6OS/c1-28(2)18-5-3-4-16(12-18)22-25-19(14-32-22)21-27-26-20-13-29(10-11-30(20)21)23(31)15-6-8-17(24)9-7-15/h3-9,12,14H,10-11,13H2,1-2H3. The van der Waals surface area contributed by atoms with E-state index in [0.717, 1.165) is 22.0 Å². The summed E-state index contributed by atoms with van der Waals surface area (Å²) in [4.78, 5) is 21.3. The summed E-state index contributed by atoms with van der Waals surface area (Å²) in [5.41, 5.74) is 3.41. The highest BCUT2D eigenvalue weighted by Crippen LogP contribution is 2.31. The van der Waals surface area contributed by atoms with E-state index >= 15 is 0 Å². The molecule has 2 aromatic carbocycles. The minimum Gasteiger partial charge on any atom is -0.378 e. The van der Waals surface area contributed by atoms with E-state index in [9.17, 15) is 9.18 Å². The molecule has 1 amide bonds. The second kappa shape index (κ2) is 8.16. The number of anilines is 1. The SMILES string of the molecule is CN(C)c1cccc(-c2nc(-c3nnc4n3CCN(C(=O)c3ccc(F)cc3)C4)cs2)c1. The molecule has 0 aliphatic carbocycles. The maximum Gasteiger partial charge on any atom is 0.254 e. The fraction of sp³-hybridized carbons (Fsp3) is 0.217. The summed E-state index contributed by atoms with van der Waals surface area (Å²) in [5, 5.41) is 11.6. The zero-order chi connectivity index (χ0) is 22.2. The van der Waals surface area contributed by atoms with E-state index in [1.165, 1.54) is 24.3 Å². The predicted octanol–water partition coefficient (Wildman–Crippen LogP) is 3.93. The summed E-state index contributed by atoms with van der Waals surface area (Å²) in [7, 11) is 4.03. The molecule has 0 saturated heterocycles. The summed E-state index contributed by atoms with van der Waals surface area (Å²) in [6.07, 6.45) is 0. The van der Waals surface area contributed by atoms with Gasteiger partial charge in [-0.05, 0) is 36.4 Å². The molecular formula is C23H21FN6OS. The van der Waals surface area contributed by atoms with Gasteiger partial charge in [0.25, 0.3) is 5.91 Å². The lowest BCUT2D eigenvalue weighted by Crippen LogP contribution is -2.38. The highest BCUT2D eigenvalue weighted by molar-refractivity contribution is 7.13. The number of nitrogens with zero attached hydrogens (tertiary/aromatic N) is 6. The normalized spacial score (nSPS) is 13.2. The van der Waals surface area contributed by atoms with E-state index in [2.05, 4.69) is 27.2 Å². The van der Waals surface area contributed by atoms with Crippen LogP contribution in [0.1, 0.15) is 16.2 Å². The number of rotatable bonds is 4. The van der Waals surface area contributed by atoms with Gasteiger partial charge in [0.05, 0.1) is 6.54 Å². The number of aromatic nitrogens is 4. The number of halogens is 1. The van der Waals surface area contributed by atoms with Gasteiger partial charge in [-0.15, -0.1) is 21.5 Å². The first-order valence-electron chi connectivity index (χ1n) is 10.2. The third kappa shape index (κ3) is 3.75. The average Bonchev–Trinajstić information content (AvgIpc) is 3.46. The minimum atomic E-state index is -0.361. The number of carbonyl (C=O) groups is 1. The molecule has 7 nitrogen and oxygen atoms in total. The van der Waals surface area contributed by atoms with Crippen LogP contribution in [0.5, 0.6) is 0 Å². The quantitative estimate of drug-likeness (QED) is 0.473. The van der Waals surface area contributed by atoms with Gasteiger partial charge in [-0.1, -0.05) is 12.1 Å². The van der Waals surface area contributed by atoms with E-state index in [1.54, 1.807) is 16.2 Å². The average molecular weight is 449 g/mol. The molecule has 9 heteroatoms. The summed E-state index contributed by atoms with van der Waals surface area (Å²) in [6, 6.07) is 13.9. The summed E-state index contributed by atoms with van der Waals surface area (Å²) < 4.78 is 15.2. The number of hydrogen-bond acceptors (Lipinski definition) is 6. The molecule has 5 rings (SSSR count). The molecule has 0 bridgehead atoms. The first kappa shape index (κ1) is 20.3. The lowest BCUT2D eigenvalue weighted by Gasteiger charge is -2.27. The second-order valence-corrected chi connectivity index (χ2v) is 8.67. The molecule has 0 atom stereocenters. The van der Waals surface area contributed by atoms with Crippen molar-refractivity contribution < 1.29 is 9.18 Å². The molecular weight excluding hydrogens is 427 g/mol. The number of hydrogen-bond donors (Lipinski definition) is 0. The maximum absolute atomic E-state index is 13.2. The van der Waals surface area contributed by atoms with Crippen molar-refractivity contribution in [2.75, 3.05) is 25.5 Å². The Labute approximate surface area is 188 Å². The van der Waals surface area contributed by atoms with Crippen molar-refractivity contribution in [1.29, 1.82) is 0 Å². The van der Waals surface area contributed by atoms with Crippen molar-refractivity contribution in [3.05, 3.63) is 71.1 Å². The Morgan fingerprint density at radius 2 is 1.91 bits per heavy atom. The fourth-order valence-corrected chi connectivity index (χ4v) is 4.52. The largest absolute Gasteiger partial charge is 0.378 e. The third-order valence-corrected chi connectivity index (χ3v) is 6.37. The molecule has 0 fully saturated rings. The lowest BCUT2D eigenvalue weighted by atomic mass is 10.2. The highest BCUT2D eigenvalue weighted by atomic mass is 32.1. The predicted molar refractivity (Wildman–Crippen MR) is 122 cm³/mol. The number of thiazole rings is 1. The summed E-state index contributed by atoms with van der Waals surface area (Å²) >= 11 is 1.57. The molecule has 2 aromatic heterocycles. The van der Waals surface area contributed by atoms with Gasteiger partial charge in [-0.2, -0.15) is 0 Å². The number of amides is 1. The first-order chi connectivity index (χ1) is 15.5. The van der Waals surface area contributed by atoms with E-state index in [0.29, 0.717) is 36.8 Å². The highest BCUT2D eigenvalue weighted by Gasteiger charge is 2.26. The molecule has 0 radical (unpaired) electrons. The Hall–Kier alpha value is -3.59. The Morgan fingerprint density at radius 3 is 2.69 bits per heavy atom. The van der Waals surface area contributed by atoms with Crippen LogP contribution in [-0.2, 0) is 13.1 Å². The maximum atomic E-state index is 13.2. The zero-order valence-corrected chi connectivity index (χ0v) is 18.5. The van der Waals surface area contributed by atoms with Crippen molar-refractivity contribution in [3.63, 3.8) is 0 Å². The number of fused-ring (bicyclic) bond motifs is 1. The molecule has 0 spiro atoms. The van der Waals surface area contributed by atoms with Crippen LogP contribution in [0.4, 0.5) is 10.1 Å². The fourth-order valence-electron chi connectivity index (χ4n) is 3.72. The van der Waals surface area contributed by atoms with Crippen LogP contribution >= 0.6 is 11.3 Å². The van der Waals surface area contributed by atoms with Crippen LogP contribution in [-0.4, -0.2) is 51.2 Å². The lowest BCUT2D eigenvalue weighted by molar-refractivity contribution is 0.0708. The third-order valence-electron chi connectivity index (χ3n) is 5.47. The van der Waals surface area contributed by atoms with E-state index in [4.69, 9.17) is 4.98 Å². The van der Waals surface area contributed by atoms with E-state index in [1.807, 2.05) is 36.2 Å². The van der Waals surface area contributed by atoms with E-state index < -0.39 is 0 Å². The zero-order valence-electron chi connectivity index (χ0n) is 17.7. The molecule has 162 valence electrons. The monoisotopic (exact) mass is 448 g/mol. The molecule has 0 saturated carbocycles. The van der Waals surface area contributed by atoms with Crippen LogP contribution in [0.15, 0.2) is 53.9 Å². The summed E-state index contributed by atoms with van der Waals surface area (Å²) in [5.74, 6) is 0.921. The molecule has 1 aliphatic heterocycles. The molecule has 0 N–H and O–H groups in total. The molecule has 32 heavy (non-hydrogen) atoms. The minimum absolute atomic E-state index is 0.141. The molecule has 4 aromatic rings. The smallest absolute Gasteiger partial charge is 0.254 e. The Kier molecular flexibility index (Phi) is 5.18. The van der Waals surface area contributed by atoms with Gasteiger partial charge in [-0.3, -0.25) is 4.79 Å². The van der Waals surface area contributed by atoms with Crippen LogP contribution < -0.4 is 4.90 Å². The molecule has 3 heterocycles. The van der Waals surface area contributed by atoms with Gasteiger partial charge in [0.2, 0.25) is 0 Å². The van der Waals surface area contributed by atoms with Gasteiger partial charge in [-0.25, -0.2) is 9.37 Å². The van der Waals surface area contributed by atoms with Crippen molar-refractivity contribution in [2.24, 2.45) is 0 Å². The van der Waals surface area contributed by atoms with Gasteiger partial charge >= 0.3 is 0 Å². The van der Waals surface area contributed by atoms with Crippen LogP contribution in [0.2, 0.25) is 0 Å². The van der Waals surface area contributed by atoms with E-state index in [-0.39, 0.29) is 11.7 Å². The Bertz CT molecular complexity index is 1280. The Balaban J connectivity index is 1.37. The number of carbonyl (C=O) groups excluding carboxylic acids is 1. The van der Waals surface area contributed by atoms with Crippen molar-refractivity contribution in [3.8, 4) is 22.1 Å². The topological polar surface area (TPSA) is 67.2 Å². The van der Waals surface area contributed by atoms with Gasteiger partial charge in [0.1, 0.15) is 16.5 Å². The van der Waals surface area contributed by atoms with Gasteiger partial charge < -0.3 is 14.4 Å². The molecule has 1 aliphatic rings.